The number of amides is 2. The number of hydrogen-bond acceptors (Lipinski definition) is 4. The summed E-state index contributed by atoms with van der Waals surface area (Å²) in [6.45, 7) is 0.0554. The number of hydrogen-bond donors (Lipinski definition) is 1. The number of nitrogens with zero attached hydrogens (tertiary/aromatic N) is 1. The molecule has 2 amide bonds. The Labute approximate surface area is 99.2 Å². The van der Waals surface area contributed by atoms with E-state index in [1.165, 1.54) is 0 Å². The van der Waals surface area contributed by atoms with Gasteiger partial charge in [0.05, 0.1) is 12.6 Å². The van der Waals surface area contributed by atoms with Crippen molar-refractivity contribution in [3.8, 4) is 0 Å². The lowest BCUT2D eigenvalue weighted by molar-refractivity contribution is -0.127. The third-order valence-corrected chi connectivity index (χ3v) is 2.72. The maximum absolute atomic E-state index is 11.5. The van der Waals surface area contributed by atoms with E-state index in [4.69, 9.17) is 10.5 Å². The molecule has 1 fully saturated rings. The molecule has 5 heteroatoms. The van der Waals surface area contributed by atoms with Crippen molar-refractivity contribution in [3.05, 3.63) is 35.9 Å². The summed E-state index contributed by atoms with van der Waals surface area (Å²) < 4.78 is 4.88. The van der Waals surface area contributed by atoms with E-state index in [0.717, 1.165) is 10.5 Å². The highest BCUT2D eigenvalue weighted by Crippen LogP contribution is 2.17. The summed E-state index contributed by atoms with van der Waals surface area (Å²) in [5, 5.41) is 0. The van der Waals surface area contributed by atoms with Gasteiger partial charge in [-0.3, -0.25) is 4.79 Å². The first-order valence-electron chi connectivity index (χ1n) is 5.45. The molecule has 0 bridgehead atoms. The molecule has 0 radical (unpaired) electrons. The van der Waals surface area contributed by atoms with Gasteiger partial charge in [-0.2, -0.15) is 0 Å². The number of benzene rings is 1. The molecule has 1 aliphatic rings. The molecule has 1 saturated heterocycles. The number of imide groups is 1. The standard InChI is InChI=1S/C12H14N2O3/c13-7-11(15)14-10(8-17-12(14)16)6-9-4-2-1-3-5-9/h1-5,10H,6-8,13H2/t10-/m1/s1. The monoisotopic (exact) mass is 234 g/mol. The van der Waals surface area contributed by atoms with E-state index in [2.05, 4.69) is 0 Å². The summed E-state index contributed by atoms with van der Waals surface area (Å²) in [6.07, 6.45) is -0.000388. The van der Waals surface area contributed by atoms with Gasteiger partial charge >= 0.3 is 6.09 Å². The van der Waals surface area contributed by atoms with Crippen LogP contribution in [0, 0.1) is 0 Å². The van der Waals surface area contributed by atoms with Crippen LogP contribution in [0.5, 0.6) is 0 Å². The molecule has 0 aliphatic carbocycles. The minimum Gasteiger partial charge on any atom is -0.447 e. The van der Waals surface area contributed by atoms with Gasteiger partial charge in [0.1, 0.15) is 6.61 Å². The molecule has 0 spiro atoms. The Hall–Kier alpha value is -1.88. The van der Waals surface area contributed by atoms with Gasteiger partial charge in [0.2, 0.25) is 5.91 Å². The zero-order chi connectivity index (χ0) is 12.3. The third kappa shape index (κ3) is 2.45. The quantitative estimate of drug-likeness (QED) is 0.828. The van der Waals surface area contributed by atoms with Crippen LogP contribution in [0.1, 0.15) is 5.56 Å². The fourth-order valence-electron chi connectivity index (χ4n) is 1.90. The molecule has 1 atom stereocenters. The number of rotatable bonds is 3. The van der Waals surface area contributed by atoms with Crippen LogP contribution in [0.4, 0.5) is 4.79 Å². The Morgan fingerprint density at radius 2 is 2.12 bits per heavy atom. The minimum atomic E-state index is -0.596. The normalized spacial score (nSPS) is 19.2. The van der Waals surface area contributed by atoms with Crippen molar-refractivity contribution in [2.45, 2.75) is 12.5 Å². The van der Waals surface area contributed by atoms with Crippen LogP contribution in [0.25, 0.3) is 0 Å². The van der Waals surface area contributed by atoms with Gasteiger partial charge in [0, 0.05) is 0 Å². The van der Waals surface area contributed by atoms with Crippen LogP contribution < -0.4 is 5.73 Å². The SMILES string of the molecule is NCC(=O)N1C(=O)OC[C@H]1Cc1ccccc1. The van der Waals surface area contributed by atoms with E-state index in [1.807, 2.05) is 30.3 Å². The molecule has 1 heterocycles. The predicted octanol–water partition coefficient (Wildman–Crippen LogP) is 0.535. The fraction of sp³-hybridized carbons (Fsp3) is 0.333. The molecular formula is C12H14N2O3. The van der Waals surface area contributed by atoms with Crippen LogP contribution in [-0.4, -0.2) is 36.1 Å². The highest BCUT2D eigenvalue weighted by atomic mass is 16.6. The number of nitrogens with two attached hydrogens (primary N) is 1. The molecular weight excluding hydrogens is 220 g/mol. The van der Waals surface area contributed by atoms with Gasteiger partial charge in [-0.15, -0.1) is 0 Å². The Kier molecular flexibility index (Phi) is 3.39. The lowest BCUT2D eigenvalue weighted by Crippen LogP contribution is -2.43. The topological polar surface area (TPSA) is 72.6 Å². The first-order chi connectivity index (χ1) is 8.22. The number of ether oxygens (including phenoxy) is 1. The zero-order valence-electron chi connectivity index (χ0n) is 9.33. The van der Waals surface area contributed by atoms with E-state index in [0.29, 0.717) is 6.42 Å². The molecule has 17 heavy (non-hydrogen) atoms. The molecule has 1 aromatic carbocycles. The average Bonchev–Trinajstić information content (AvgIpc) is 2.71. The smallest absolute Gasteiger partial charge is 0.417 e. The van der Waals surface area contributed by atoms with Crippen LogP contribution in [-0.2, 0) is 16.0 Å². The summed E-state index contributed by atoms with van der Waals surface area (Å²) in [7, 11) is 0. The van der Waals surface area contributed by atoms with Gasteiger partial charge in [-0.25, -0.2) is 9.69 Å². The summed E-state index contributed by atoms with van der Waals surface area (Å²) in [5.74, 6) is -0.395. The van der Waals surface area contributed by atoms with Gasteiger partial charge in [-0.05, 0) is 12.0 Å². The van der Waals surface area contributed by atoms with Crippen LogP contribution in [0.15, 0.2) is 30.3 Å². The molecule has 2 N–H and O–H groups in total. The van der Waals surface area contributed by atoms with Crippen molar-refractivity contribution in [1.82, 2.24) is 4.90 Å². The first kappa shape index (κ1) is 11.6. The summed E-state index contributed by atoms with van der Waals surface area (Å²) in [6, 6.07) is 9.41. The molecule has 0 saturated carbocycles. The van der Waals surface area contributed by atoms with Crippen molar-refractivity contribution in [2.75, 3.05) is 13.2 Å². The first-order valence-corrected chi connectivity index (χ1v) is 5.45. The molecule has 90 valence electrons. The van der Waals surface area contributed by atoms with Crippen molar-refractivity contribution >= 4 is 12.0 Å². The molecule has 5 nitrogen and oxygen atoms in total. The number of cyclic esters (lactones) is 1. The highest BCUT2D eigenvalue weighted by molar-refractivity contribution is 5.94. The van der Waals surface area contributed by atoms with E-state index < -0.39 is 12.0 Å². The second-order valence-corrected chi connectivity index (χ2v) is 3.89. The largest absolute Gasteiger partial charge is 0.447 e. The Bertz CT molecular complexity index is 419. The molecule has 1 aliphatic heterocycles. The summed E-state index contributed by atoms with van der Waals surface area (Å²) in [5.41, 5.74) is 6.33. The Morgan fingerprint density at radius 1 is 1.41 bits per heavy atom. The lowest BCUT2D eigenvalue weighted by atomic mass is 10.1. The summed E-state index contributed by atoms with van der Waals surface area (Å²) in [4.78, 5) is 24.0. The van der Waals surface area contributed by atoms with Gasteiger partial charge < -0.3 is 10.5 Å². The van der Waals surface area contributed by atoms with Gasteiger partial charge in [0.25, 0.3) is 0 Å². The minimum absolute atomic E-state index is 0.180. The molecule has 0 aromatic heterocycles. The second-order valence-electron chi connectivity index (χ2n) is 3.89. The van der Waals surface area contributed by atoms with E-state index in [9.17, 15) is 9.59 Å². The van der Waals surface area contributed by atoms with E-state index in [1.54, 1.807) is 0 Å². The Balaban J connectivity index is 2.10. The lowest BCUT2D eigenvalue weighted by Gasteiger charge is -2.18. The van der Waals surface area contributed by atoms with Crippen LogP contribution >= 0.6 is 0 Å². The van der Waals surface area contributed by atoms with Crippen LogP contribution in [0.2, 0.25) is 0 Å². The van der Waals surface area contributed by atoms with Crippen molar-refractivity contribution in [2.24, 2.45) is 5.73 Å². The number of carbonyl (C=O) groups is 2. The zero-order valence-corrected chi connectivity index (χ0v) is 9.33. The highest BCUT2D eigenvalue weighted by Gasteiger charge is 2.36. The van der Waals surface area contributed by atoms with Gasteiger partial charge in [0.15, 0.2) is 0 Å². The fourth-order valence-corrected chi connectivity index (χ4v) is 1.90. The van der Waals surface area contributed by atoms with Crippen molar-refractivity contribution in [1.29, 1.82) is 0 Å². The summed E-state index contributed by atoms with van der Waals surface area (Å²) >= 11 is 0. The van der Waals surface area contributed by atoms with Gasteiger partial charge in [-0.1, -0.05) is 30.3 Å². The second kappa shape index (κ2) is 4.97. The van der Waals surface area contributed by atoms with Crippen LogP contribution in [0.3, 0.4) is 0 Å². The molecule has 0 unspecified atom stereocenters. The molecule has 2 rings (SSSR count). The number of carbonyl (C=O) groups excluding carboxylic acids is 2. The van der Waals surface area contributed by atoms with E-state index in [-0.39, 0.29) is 19.2 Å². The van der Waals surface area contributed by atoms with Crippen molar-refractivity contribution in [3.63, 3.8) is 0 Å². The molecule has 1 aromatic rings. The Morgan fingerprint density at radius 3 is 2.76 bits per heavy atom. The predicted molar refractivity (Wildman–Crippen MR) is 61.2 cm³/mol. The third-order valence-electron chi connectivity index (χ3n) is 2.72. The van der Waals surface area contributed by atoms with Crippen molar-refractivity contribution < 1.29 is 14.3 Å². The maximum Gasteiger partial charge on any atom is 0.417 e. The maximum atomic E-state index is 11.5. The van der Waals surface area contributed by atoms with E-state index >= 15 is 0 Å². The average molecular weight is 234 g/mol.